The van der Waals surface area contributed by atoms with Gasteiger partial charge in [-0.1, -0.05) is 73.3 Å². The van der Waals surface area contributed by atoms with Crippen molar-refractivity contribution in [3.63, 3.8) is 0 Å². The van der Waals surface area contributed by atoms with Crippen molar-refractivity contribution in [3.05, 3.63) is 102 Å². The lowest BCUT2D eigenvalue weighted by Crippen LogP contribution is -2.68. The predicted molar refractivity (Wildman–Crippen MR) is 124 cm³/mol. The van der Waals surface area contributed by atoms with Gasteiger partial charge in [0.15, 0.2) is 0 Å². The second-order valence-corrected chi connectivity index (χ2v) is 10.8. The fraction of sp³-hybridized carbons (Fsp3) is 0.160. The van der Waals surface area contributed by atoms with Crippen LogP contribution in [-0.2, 0) is 6.04 Å². The molecule has 3 nitrogen and oxygen atoms in total. The van der Waals surface area contributed by atoms with Gasteiger partial charge in [0.25, 0.3) is 0 Å². The zero-order valence-electron chi connectivity index (χ0n) is 17.2. The molecule has 4 heteroatoms. The van der Waals surface area contributed by atoms with Crippen LogP contribution in [0.25, 0.3) is 5.70 Å². The van der Waals surface area contributed by atoms with Crippen LogP contribution in [-0.4, -0.2) is 32.9 Å². The van der Waals surface area contributed by atoms with Crippen LogP contribution in [0, 0.1) is 0 Å². The van der Waals surface area contributed by atoms with E-state index in [1.165, 1.54) is 16.3 Å². The van der Waals surface area contributed by atoms with Gasteiger partial charge >= 0.3 is 8.48 Å². The van der Waals surface area contributed by atoms with Gasteiger partial charge in [0, 0.05) is 37.1 Å². The molecule has 0 spiro atoms. The number of hydrogen-bond donors (Lipinski definition) is 0. The Balaban J connectivity index is 1.91. The molecular weight excluding hydrogens is 372 g/mol. The number of hydrogen-bond acceptors (Lipinski definition) is 3. The second-order valence-electron chi connectivity index (χ2n) is 7.40. The average Bonchev–Trinajstić information content (AvgIpc) is 2.77. The Bertz CT molecular complexity index is 1080. The molecule has 4 rings (SSSR count). The molecule has 0 radical (unpaired) electrons. The molecule has 1 atom stereocenters. The maximum absolute atomic E-state index is 6.92. The highest BCUT2D eigenvalue weighted by atomic mass is 28.4. The van der Waals surface area contributed by atoms with Crippen molar-refractivity contribution in [2.75, 3.05) is 14.1 Å². The minimum Gasteiger partial charge on any atom is -0.521 e. The molecule has 0 bridgehead atoms. The van der Waals surface area contributed by atoms with Crippen molar-refractivity contribution in [2.45, 2.75) is 13.0 Å². The summed E-state index contributed by atoms with van der Waals surface area (Å²) in [6.45, 7) is 6.49. The highest BCUT2D eigenvalue weighted by Crippen LogP contribution is 2.38. The number of fused-ring (bicyclic) bond motifs is 1. The normalized spacial score (nSPS) is 18.9. The van der Waals surface area contributed by atoms with Crippen molar-refractivity contribution in [2.24, 2.45) is 4.99 Å². The molecule has 0 saturated carbocycles. The van der Waals surface area contributed by atoms with Gasteiger partial charge in [-0.05, 0) is 35.4 Å². The van der Waals surface area contributed by atoms with Gasteiger partial charge in [-0.3, -0.25) is 4.99 Å². The van der Waals surface area contributed by atoms with E-state index in [2.05, 4.69) is 96.8 Å². The van der Waals surface area contributed by atoms with Crippen molar-refractivity contribution in [1.29, 1.82) is 0 Å². The van der Waals surface area contributed by atoms with E-state index < -0.39 is 8.48 Å². The average molecular weight is 399 g/mol. The molecule has 1 unspecified atom stereocenters. The summed E-state index contributed by atoms with van der Waals surface area (Å²) in [5, 5.41) is 1.24. The fourth-order valence-corrected chi connectivity index (χ4v) is 7.85. The lowest BCUT2D eigenvalue weighted by molar-refractivity contribution is 0.450. The van der Waals surface area contributed by atoms with E-state index in [-0.39, 0.29) is 0 Å². The summed E-state index contributed by atoms with van der Waals surface area (Å²) in [4.78, 5) is 4.44. The number of rotatable bonds is 4. The second kappa shape index (κ2) is 7.72. The van der Waals surface area contributed by atoms with Gasteiger partial charge in [0.2, 0.25) is 0 Å². The molecule has 3 aromatic carbocycles. The SMILES string of the molecule is C=C1c2ccccc2O[Si](Cc2ccccc2C(C)=NC)(c2ccccc2)N1C. The molecule has 1 aliphatic heterocycles. The van der Waals surface area contributed by atoms with Crippen molar-refractivity contribution < 1.29 is 4.43 Å². The minimum absolute atomic E-state index is 0.809. The van der Waals surface area contributed by atoms with Crippen LogP contribution in [0.5, 0.6) is 5.75 Å². The largest absolute Gasteiger partial charge is 0.521 e. The standard InChI is InChI=1S/C25H26N2OSi/c1-19(26-3)23-15-9-8-12-21(23)18-29(22-13-6-5-7-14-22)27(4)20(2)24-16-10-11-17-25(24)28-29/h5-17H,2,18H2,1,3-4H3. The summed E-state index contributed by atoms with van der Waals surface area (Å²) in [6, 6.07) is 28.1. The predicted octanol–water partition coefficient (Wildman–Crippen LogP) is 4.55. The van der Waals surface area contributed by atoms with Crippen molar-refractivity contribution >= 4 is 25.1 Å². The first-order chi connectivity index (χ1) is 14.1. The number of aliphatic imine (C=N–C) groups is 1. The monoisotopic (exact) mass is 398 g/mol. The van der Waals surface area contributed by atoms with Crippen LogP contribution >= 0.6 is 0 Å². The zero-order valence-corrected chi connectivity index (χ0v) is 18.2. The van der Waals surface area contributed by atoms with Crippen molar-refractivity contribution in [3.8, 4) is 5.75 Å². The van der Waals surface area contributed by atoms with E-state index in [0.29, 0.717) is 0 Å². The molecule has 29 heavy (non-hydrogen) atoms. The molecule has 3 aromatic rings. The lowest BCUT2D eigenvalue weighted by atomic mass is 10.1. The summed E-state index contributed by atoms with van der Waals surface area (Å²) in [7, 11) is 1.34. The molecule has 0 N–H and O–H groups in total. The highest BCUT2D eigenvalue weighted by Gasteiger charge is 2.49. The van der Waals surface area contributed by atoms with Crippen LogP contribution in [0.1, 0.15) is 23.6 Å². The maximum Gasteiger partial charge on any atom is 0.398 e. The fourth-order valence-electron chi connectivity index (χ4n) is 4.06. The Morgan fingerprint density at radius 3 is 2.38 bits per heavy atom. The Hall–Kier alpha value is -3.11. The van der Waals surface area contributed by atoms with E-state index in [9.17, 15) is 0 Å². The van der Waals surface area contributed by atoms with Crippen LogP contribution in [0.3, 0.4) is 0 Å². The first-order valence-corrected chi connectivity index (χ1v) is 11.9. The molecule has 1 heterocycles. The molecule has 0 fully saturated rings. The Morgan fingerprint density at radius 1 is 0.966 bits per heavy atom. The quantitative estimate of drug-likeness (QED) is 0.476. The zero-order chi connectivity index (χ0) is 20.4. The number of benzene rings is 3. The van der Waals surface area contributed by atoms with Crippen molar-refractivity contribution in [1.82, 2.24) is 4.57 Å². The summed E-state index contributed by atoms with van der Waals surface area (Å²) in [5.41, 5.74) is 5.55. The van der Waals surface area contributed by atoms with E-state index in [4.69, 9.17) is 4.43 Å². The van der Waals surface area contributed by atoms with Gasteiger partial charge in [0.1, 0.15) is 5.75 Å². The van der Waals surface area contributed by atoms with E-state index in [1.807, 2.05) is 19.2 Å². The third-order valence-electron chi connectivity index (χ3n) is 5.82. The van der Waals surface area contributed by atoms with Crippen LogP contribution in [0.2, 0.25) is 0 Å². The third-order valence-corrected chi connectivity index (χ3v) is 9.83. The summed E-state index contributed by atoms with van der Waals surface area (Å²) in [6.07, 6.45) is 0. The third kappa shape index (κ3) is 3.30. The molecule has 0 amide bonds. The van der Waals surface area contributed by atoms with E-state index >= 15 is 0 Å². The van der Waals surface area contributed by atoms with E-state index in [0.717, 1.165) is 28.8 Å². The van der Waals surface area contributed by atoms with Gasteiger partial charge in [0.05, 0.1) is 0 Å². The highest BCUT2D eigenvalue weighted by molar-refractivity contribution is 6.85. The molecule has 0 saturated heterocycles. The molecule has 1 aliphatic rings. The maximum atomic E-state index is 6.92. The Morgan fingerprint density at radius 2 is 1.62 bits per heavy atom. The molecular formula is C25H26N2OSi. The van der Waals surface area contributed by atoms with Gasteiger partial charge in [-0.15, -0.1) is 0 Å². The topological polar surface area (TPSA) is 24.8 Å². The van der Waals surface area contributed by atoms with Gasteiger partial charge in [-0.2, -0.15) is 0 Å². The smallest absolute Gasteiger partial charge is 0.398 e. The summed E-state index contributed by atoms with van der Waals surface area (Å²) in [5.74, 6) is 0.921. The molecule has 146 valence electrons. The Kier molecular flexibility index (Phi) is 5.12. The number of para-hydroxylation sites is 1. The molecule has 0 aromatic heterocycles. The first-order valence-electron chi connectivity index (χ1n) is 9.85. The minimum atomic E-state index is -2.63. The first kappa shape index (κ1) is 19.2. The van der Waals surface area contributed by atoms with Crippen LogP contribution < -0.4 is 9.61 Å². The number of nitrogens with zero attached hydrogens (tertiary/aromatic N) is 2. The molecule has 0 aliphatic carbocycles. The Labute approximate surface area is 174 Å². The van der Waals surface area contributed by atoms with Gasteiger partial charge in [-0.25, -0.2) is 0 Å². The van der Waals surface area contributed by atoms with E-state index in [1.54, 1.807) is 0 Å². The van der Waals surface area contributed by atoms with Gasteiger partial charge < -0.3 is 8.99 Å². The lowest BCUT2D eigenvalue weighted by Gasteiger charge is -2.46. The van der Waals surface area contributed by atoms with Crippen LogP contribution in [0.4, 0.5) is 0 Å². The summed E-state index contributed by atoms with van der Waals surface area (Å²) >= 11 is 0. The summed E-state index contributed by atoms with van der Waals surface area (Å²) < 4.78 is 9.23. The van der Waals surface area contributed by atoms with Crippen LogP contribution in [0.15, 0.2) is 90.4 Å².